The van der Waals surface area contributed by atoms with E-state index in [1.54, 1.807) is 6.20 Å². The second-order valence-electron chi connectivity index (χ2n) is 7.47. The van der Waals surface area contributed by atoms with Crippen LogP contribution in [0.25, 0.3) is 0 Å². The Kier molecular flexibility index (Phi) is 4.64. The fraction of sp³-hybridized carbons (Fsp3) is 0.429. The minimum atomic E-state index is -0.279. The van der Waals surface area contributed by atoms with Crippen LogP contribution in [-0.2, 0) is 11.3 Å². The number of nitrogens with zero attached hydrogens (tertiary/aromatic N) is 2. The lowest BCUT2D eigenvalue weighted by Crippen LogP contribution is -2.38. The molecule has 1 aliphatic carbocycles. The number of anilines is 3. The summed E-state index contributed by atoms with van der Waals surface area (Å²) in [4.78, 5) is 19.9. The monoisotopic (exact) mass is 351 g/mol. The van der Waals surface area contributed by atoms with E-state index in [0.29, 0.717) is 13.0 Å². The van der Waals surface area contributed by atoms with E-state index in [0.717, 1.165) is 42.0 Å². The zero-order valence-corrected chi connectivity index (χ0v) is 15.1. The van der Waals surface area contributed by atoms with Gasteiger partial charge in [-0.2, -0.15) is 0 Å². The molecule has 0 spiro atoms. The summed E-state index contributed by atoms with van der Waals surface area (Å²) in [6.07, 6.45) is 4.61. The third-order valence-corrected chi connectivity index (χ3v) is 5.70. The van der Waals surface area contributed by atoms with Crippen LogP contribution < -0.4 is 10.2 Å². The molecule has 2 N–H and O–H groups in total. The van der Waals surface area contributed by atoms with Crippen molar-refractivity contribution in [3.05, 3.63) is 48.2 Å². The van der Waals surface area contributed by atoms with Crippen LogP contribution in [0.3, 0.4) is 0 Å². The Balaban J connectivity index is 1.71. The maximum Gasteiger partial charge on any atom is 0.230 e. The number of nitrogens with one attached hydrogen (secondary N) is 1. The Bertz CT molecular complexity index is 807. The molecular formula is C21H25N3O2. The number of hydrogen-bond acceptors (Lipinski definition) is 4. The molecule has 5 nitrogen and oxygen atoms in total. The van der Waals surface area contributed by atoms with Gasteiger partial charge in [0, 0.05) is 17.7 Å². The van der Waals surface area contributed by atoms with Crippen molar-refractivity contribution in [2.24, 2.45) is 11.8 Å². The van der Waals surface area contributed by atoms with Crippen molar-refractivity contribution in [3.8, 4) is 0 Å². The highest BCUT2D eigenvalue weighted by atomic mass is 16.3. The van der Waals surface area contributed by atoms with Crippen molar-refractivity contribution in [3.63, 3.8) is 0 Å². The fourth-order valence-electron chi connectivity index (χ4n) is 4.10. The number of carbonyl (C=O) groups is 1. The van der Waals surface area contributed by atoms with E-state index in [2.05, 4.69) is 17.2 Å². The van der Waals surface area contributed by atoms with Crippen molar-refractivity contribution < 1.29 is 9.90 Å². The number of carbonyl (C=O) groups excluding carboxylic acids is 1. The third-order valence-electron chi connectivity index (χ3n) is 5.70. The zero-order valence-electron chi connectivity index (χ0n) is 15.1. The highest BCUT2D eigenvalue weighted by molar-refractivity contribution is 5.99. The molecule has 136 valence electrons. The molecule has 0 bridgehead atoms. The van der Waals surface area contributed by atoms with Gasteiger partial charge in [0.25, 0.3) is 0 Å². The number of para-hydroxylation sites is 2. The molecule has 0 saturated heterocycles. The topological polar surface area (TPSA) is 65.5 Å². The number of aliphatic hydroxyl groups is 1. The van der Waals surface area contributed by atoms with Crippen molar-refractivity contribution >= 4 is 23.1 Å². The molecule has 1 aromatic heterocycles. The summed E-state index contributed by atoms with van der Waals surface area (Å²) >= 11 is 0. The molecule has 1 amide bonds. The number of aliphatic hydroxyl groups excluding tert-OH is 1. The minimum Gasteiger partial charge on any atom is -0.393 e. The van der Waals surface area contributed by atoms with Crippen LogP contribution in [-0.4, -0.2) is 22.1 Å². The van der Waals surface area contributed by atoms with Gasteiger partial charge in [-0.05, 0) is 49.8 Å². The zero-order chi connectivity index (χ0) is 18.1. The van der Waals surface area contributed by atoms with Crippen molar-refractivity contribution in [2.45, 2.75) is 45.3 Å². The van der Waals surface area contributed by atoms with Crippen LogP contribution in [0.4, 0.5) is 17.2 Å². The number of pyridine rings is 1. The molecule has 1 saturated carbocycles. The molecular weight excluding hydrogens is 326 g/mol. The average Bonchev–Trinajstić information content (AvgIpc) is 2.93. The molecule has 2 aliphatic rings. The van der Waals surface area contributed by atoms with Crippen LogP contribution in [0.5, 0.6) is 0 Å². The summed E-state index contributed by atoms with van der Waals surface area (Å²) in [7, 11) is 0. The van der Waals surface area contributed by atoms with Crippen molar-refractivity contribution in [1.29, 1.82) is 0 Å². The second kappa shape index (κ2) is 7.08. The highest BCUT2D eigenvalue weighted by Gasteiger charge is 2.34. The van der Waals surface area contributed by atoms with E-state index in [4.69, 9.17) is 0 Å². The summed E-state index contributed by atoms with van der Waals surface area (Å²) in [6.45, 7) is 2.65. The SMILES string of the molecule is C[C@@H]1CCC(O)CCC1C(=O)N1Cc2cccnc2Nc2ccccc21. The first-order valence-corrected chi connectivity index (χ1v) is 9.43. The Hall–Kier alpha value is -2.40. The summed E-state index contributed by atoms with van der Waals surface area (Å²) in [6, 6.07) is 11.8. The highest BCUT2D eigenvalue weighted by Crippen LogP contribution is 2.38. The molecule has 4 rings (SSSR count). The maximum atomic E-state index is 13.5. The lowest BCUT2D eigenvalue weighted by Gasteiger charge is -2.29. The molecule has 1 aromatic carbocycles. The predicted octanol–water partition coefficient (Wildman–Crippen LogP) is 3.86. The fourth-order valence-corrected chi connectivity index (χ4v) is 4.10. The molecule has 1 fully saturated rings. The van der Waals surface area contributed by atoms with E-state index in [1.807, 2.05) is 41.3 Å². The van der Waals surface area contributed by atoms with Gasteiger partial charge in [-0.1, -0.05) is 25.1 Å². The van der Waals surface area contributed by atoms with Crippen LogP contribution >= 0.6 is 0 Å². The van der Waals surface area contributed by atoms with Gasteiger partial charge in [-0.15, -0.1) is 0 Å². The first-order chi connectivity index (χ1) is 12.6. The number of fused-ring (bicyclic) bond motifs is 2. The normalized spacial score (nSPS) is 25.3. The number of aromatic nitrogens is 1. The van der Waals surface area contributed by atoms with Crippen LogP contribution in [0, 0.1) is 11.8 Å². The quantitative estimate of drug-likeness (QED) is 0.766. The van der Waals surface area contributed by atoms with Gasteiger partial charge in [-0.25, -0.2) is 4.98 Å². The second-order valence-corrected chi connectivity index (χ2v) is 7.47. The van der Waals surface area contributed by atoms with Gasteiger partial charge in [0.2, 0.25) is 5.91 Å². The largest absolute Gasteiger partial charge is 0.393 e. The average molecular weight is 351 g/mol. The van der Waals surface area contributed by atoms with Crippen LogP contribution in [0.15, 0.2) is 42.6 Å². The number of rotatable bonds is 1. The van der Waals surface area contributed by atoms with Gasteiger partial charge in [-0.3, -0.25) is 4.79 Å². The number of benzene rings is 1. The lowest BCUT2D eigenvalue weighted by molar-refractivity contribution is -0.124. The smallest absolute Gasteiger partial charge is 0.230 e. The lowest BCUT2D eigenvalue weighted by atomic mass is 9.88. The number of hydrogen-bond donors (Lipinski definition) is 2. The van der Waals surface area contributed by atoms with Crippen LogP contribution in [0.1, 0.15) is 38.2 Å². The van der Waals surface area contributed by atoms with E-state index < -0.39 is 0 Å². The Labute approximate surface area is 154 Å². The molecule has 3 atom stereocenters. The van der Waals surface area contributed by atoms with Crippen molar-refractivity contribution in [2.75, 3.05) is 10.2 Å². The minimum absolute atomic E-state index is 0.0570. The van der Waals surface area contributed by atoms with E-state index in [-0.39, 0.29) is 23.8 Å². The maximum absolute atomic E-state index is 13.5. The van der Waals surface area contributed by atoms with Gasteiger partial charge in [0.05, 0.1) is 24.0 Å². The first kappa shape index (κ1) is 17.0. The van der Waals surface area contributed by atoms with Crippen molar-refractivity contribution in [1.82, 2.24) is 4.98 Å². The van der Waals surface area contributed by atoms with Gasteiger partial charge in [0.1, 0.15) is 5.82 Å². The third kappa shape index (κ3) is 3.19. The molecule has 2 heterocycles. The molecule has 5 heteroatoms. The Morgan fingerprint density at radius 3 is 2.85 bits per heavy atom. The standard InChI is InChI=1S/C21H25N3O2/c1-14-8-9-16(25)10-11-17(14)21(26)24-13-15-5-4-12-22-20(15)23-18-6-2-3-7-19(18)24/h2-7,12,14,16-17,25H,8-11,13H2,1H3,(H,22,23)/t14-,16?,17?/m1/s1. The summed E-state index contributed by atoms with van der Waals surface area (Å²) in [5.41, 5.74) is 2.81. The van der Waals surface area contributed by atoms with E-state index in [1.165, 1.54) is 0 Å². The van der Waals surface area contributed by atoms with E-state index in [9.17, 15) is 9.90 Å². The van der Waals surface area contributed by atoms with Gasteiger partial charge in [0.15, 0.2) is 0 Å². The summed E-state index contributed by atoms with van der Waals surface area (Å²) in [5, 5.41) is 13.4. The Morgan fingerprint density at radius 1 is 1.15 bits per heavy atom. The molecule has 1 aliphatic heterocycles. The molecule has 2 unspecified atom stereocenters. The van der Waals surface area contributed by atoms with E-state index >= 15 is 0 Å². The molecule has 0 radical (unpaired) electrons. The summed E-state index contributed by atoms with van der Waals surface area (Å²) < 4.78 is 0. The molecule has 2 aromatic rings. The van der Waals surface area contributed by atoms with Crippen LogP contribution in [0.2, 0.25) is 0 Å². The Morgan fingerprint density at radius 2 is 1.96 bits per heavy atom. The number of amides is 1. The predicted molar refractivity (Wildman–Crippen MR) is 102 cm³/mol. The van der Waals surface area contributed by atoms with Gasteiger partial charge >= 0.3 is 0 Å². The first-order valence-electron chi connectivity index (χ1n) is 9.43. The summed E-state index contributed by atoms with van der Waals surface area (Å²) in [5.74, 6) is 1.17. The van der Waals surface area contributed by atoms with Gasteiger partial charge < -0.3 is 15.3 Å². The molecule has 26 heavy (non-hydrogen) atoms.